The van der Waals surface area contributed by atoms with Gasteiger partial charge in [-0.25, -0.2) is 0 Å². The highest BCUT2D eigenvalue weighted by Gasteiger charge is 2.35. The van der Waals surface area contributed by atoms with E-state index in [-0.39, 0.29) is 11.8 Å². The lowest BCUT2D eigenvalue weighted by Gasteiger charge is -2.18. The SMILES string of the molecule is O=C(NC1CCCOCC1)c1cc(O)ccc1C(F)(F)F. The van der Waals surface area contributed by atoms with E-state index >= 15 is 0 Å². The summed E-state index contributed by atoms with van der Waals surface area (Å²) in [6.45, 7) is 1.06. The van der Waals surface area contributed by atoms with Crippen LogP contribution in [-0.4, -0.2) is 30.3 Å². The summed E-state index contributed by atoms with van der Waals surface area (Å²) in [4.78, 5) is 12.1. The summed E-state index contributed by atoms with van der Waals surface area (Å²) < 4.78 is 43.9. The number of carbonyl (C=O) groups excluding carboxylic acids is 1. The topological polar surface area (TPSA) is 58.6 Å². The molecule has 2 rings (SSSR count). The first-order chi connectivity index (χ1) is 9.88. The van der Waals surface area contributed by atoms with Crippen LogP contribution in [0.25, 0.3) is 0 Å². The van der Waals surface area contributed by atoms with Crippen LogP contribution in [0.3, 0.4) is 0 Å². The summed E-state index contributed by atoms with van der Waals surface area (Å²) in [5.74, 6) is -1.21. The Morgan fingerprint density at radius 2 is 2.05 bits per heavy atom. The van der Waals surface area contributed by atoms with Gasteiger partial charge >= 0.3 is 6.18 Å². The fourth-order valence-corrected chi connectivity index (χ4v) is 2.28. The second kappa shape index (κ2) is 6.34. The molecule has 1 aliphatic rings. The highest BCUT2D eigenvalue weighted by molar-refractivity contribution is 5.96. The predicted molar refractivity (Wildman–Crippen MR) is 69.0 cm³/mol. The molecule has 1 unspecified atom stereocenters. The number of phenolic OH excluding ortho intramolecular Hbond substituents is 1. The molecular formula is C14H16F3NO3. The molecule has 0 aromatic heterocycles. The zero-order valence-corrected chi connectivity index (χ0v) is 11.2. The number of hydrogen-bond donors (Lipinski definition) is 2. The molecule has 7 heteroatoms. The summed E-state index contributed by atoms with van der Waals surface area (Å²) in [6.07, 6.45) is -2.68. The van der Waals surface area contributed by atoms with Crippen molar-refractivity contribution in [3.05, 3.63) is 29.3 Å². The van der Waals surface area contributed by atoms with Crippen molar-refractivity contribution in [2.24, 2.45) is 0 Å². The minimum atomic E-state index is -4.65. The first-order valence-corrected chi connectivity index (χ1v) is 6.67. The third kappa shape index (κ3) is 4.10. The Labute approximate surface area is 119 Å². The van der Waals surface area contributed by atoms with Gasteiger partial charge in [-0.15, -0.1) is 0 Å². The van der Waals surface area contributed by atoms with Crippen molar-refractivity contribution in [2.75, 3.05) is 13.2 Å². The number of nitrogens with one attached hydrogen (secondary N) is 1. The van der Waals surface area contributed by atoms with Crippen LogP contribution in [0.4, 0.5) is 13.2 Å². The Morgan fingerprint density at radius 3 is 2.76 bits per heavy atom. The van der Waals surface area contributed by atoms with Crippen molar-refractivity contribution < 1.29 is 27.8 Å². The minimum Gasteiger partial charge on any atom is -0.508 e. The summed E-state index contributed by atoms with van der Waals surface area (Å²) in [6, 6.07) is 2.24. The molecule has 4 nitrogen and oxygen atoms in total. The molecule has 1 aromatic carbocycles. The molecule has 0 radical (unpaired) electrons. The maximum Gasteiger partial charge on any atom is 0.417 e. The van der Waals surface area contributed by atoms with E-state index in [1.165, 1.54) is 0 Å². The monoisotopic (exact) mass is 303 g/mol. The summed E-state index contributed by atoms with van der Waals surface area (Å²) in [5.41, 5.74) is -1.62. The lowest BCUT2D eigenvalue weighted by atomic mass is 10.0. The van der Waals surface area contributed by atoms with E-state index in [4.69, 9.17) is 4.74 Å². The van der Waals surface area contributed by atoms with Gasteiger partial charge < -0.3 is 15.2 Å². The van der Waals surface area contributed by atoms with Crippen molar-refractivity contribution in [3.8, 4) is 5.75 Å². The van der Waals surface area contributed by atoms with Gasteiger partial charge in [0.05, 0.1) is 11.1 Å². The molecular weight excluding hydrogens is 287 g/mol. The summed E-state index contributed by atoms with van der Waals surface area (Å²) in [7, 11) is 0. The zero-order chi connectivity index (χ0) is 15.5. The van der Waals surface area contributed by atoms with E-state index in [1.54, 1.807) is 0 Å². The fraction of sp³-hybridized carbons (Fsp3) is 0.500. The maximum atomic E-state index is 12.9. The van der Waals surface area contributed by atoms with Gasteiger partial charge in [-0.05, 0) is 37.5 Å². The normalized spacial score (nSPS) is 19.9. The van der Waals surface area contributed by atoms with E-state index in [1.807, 2.05) is 0 Å². The van der Waals surface area contributed by atoms with Gasteiger partial charge in [0.15, 0.2) is 0 Å². The van der Waals surface area contributed by atoms with Crippen molar-refractivity contribution in [1.29, 1.82) is 0 Å². The molecule has 1 aromatic rings. The van der Waals surface area contributed by atoms with Crippen LogP contribution >= 0.6 is 0 Å². The molecule has 21 heavy (non-hydrogen) atoms. The zero-order valence-electron chi connectivity index (χ0n) is 11.2. The number of benzene rings is 1. The van der Waals surface area contributed by atoms with Crippen LogP contribution < -0.4 is 5.32 Å². The number of amides is 1. The van der Waals surface area contributed by atoms with Gasteiger partial charge in [0.2, 0.25) is 0 Å². The molecule has 1 atom stereocenters. The van der Waals surface area contributed by atoms with Crippen molar-refractivity contribution >= 4 is 5.91 Å². The van der Waals surface area contributed by atoms with E-state index in [9.17, 15) is 23.1 Å². The molecule has 2 N–H and O–H groups in total. The Balaban J connectivity index is 2.19. The molecule has 0 aliphatic carbocycles. The molecule has 0 bridgehead atoms. The Morgan fingerprint density at radius 1 is 1.29 bits per heavy atom. The molecule has 0 saturated carbocycles. The number of phenols is 1. The summed E-state index contributed by atoms with van der Waals surface area (Å²) >= 11 is 0. The fourth-order valence-electron chi connectivity index (χ4n) is 2.28. The molecule has 1 aliphatic heterocycles. The Kier molecular flexibility index (Phi) is 4.72. The van der Waals surface area contributed by atoms with Gasteiger partial charge in [-0.2, -0.15) is 13.2 Å². The smallest absolute Gasteiger partial charge is 0.417 e. The van der Waals surface area contributed by atoms with Crippen LogP contribution in [0, 0.1) is 0 Å². The molecule has 1 amide bonds. The predicted octanol–water partition coefficient (Wildman–Crippen LogP) is 2.71. The van der Waals surface area contributed by atoms with Gasteiger partial charge in [-0.1, -0.05) is 0 Å². The average Bonchev–Trinajstić information content (AvgIpc) is 2.65. The van der Waals surface area contributed by atoms with Gasteiger partial charge in [0.25, 0.3) is 5.91 Å². The number of ether oxygens (including phenoxy) is 1. The molecule has 1 saturated heterocycles. The molecule has 0 spiro atoms. The number of aromatic hydroxyl groups is 1. The van der Waals surface area contributed by atoms with Gasteiger partial charge in [-0.3, -0.25) is 4.79 Å². The van der Waals surface area contributed by atoms with Crippen molar-refractivity contribution in [1.82, 2.24) is 5.32 Å². The maximum absolute atomic E-state index is 12.9. The third-order valence-corrected chi connectivity index (χ3v) is 3.34. The van der Waals surface area contributed by atoms with Crippen molar-refractivity contribution in [3.63, 3.8) is 0 Å². The van der Waals surface area contributed by atoms with E-state index < -0.39 is 23.2 Å². The molecule has 1 heterocycles. The number of halogens is 3. The van der Waals surface area contributed by atoms with Crippen LogP contribution in [0.15, 0.2) is 18.2 Å². The van der Waals surface area contributed by atoms with E-state index in [2.05, 4.69) is 5.32 Å². The largest absolute Gasteiger partial charge is 0.508 e. The second-order valence-corrected chi connectivity index (χ2v) is 4.94. The van der Waals surface area contributed by atoms with Crippen molar-refractivity contribution in [2.45, 2.75) is 31.5 Å². The summed E-state index contributed by atoms with van der Waals surface area (Å²) in [5, 5.41) is 11.9. The number of rotatable bonds is 2. The number of hydrogen-bond acceptors (Lipinski definition) is 3. The van der Waals surface area contributed by atoms with E-state index in [0.29, 0.717) is 32.1 Å². The number of carbonyl (C=O) groups is 1. The first kappa shape index (κ1) is 15.6. The van der Waals surface area contributed by atoms with Crippen LogP contribution in [0.1, 0.15) is 35.2 Å². The van der Waals surface area contributed by atoms with Gasteiger partial charge in [0, 0.05) is 19.3 Å². The lowest BCUT2D eigenvalue weighted by Crippen LogP contribution is -2.36. The van der Waals surface area contributed by atoms with Crippen LogP contribution in [0.5, 0.6) is 5.75 Å². The lowest BCUT2D eigenvalue weighted by molar-refractivity contribution is -0.137. The number of alkyl halides is 3. The quantitative estimate of drug-likeness (QED) is 0.883. The molecule has 116 valence electrons. The Hall–Kier alpha value is -1.76. The Bertz CT molecular complexity index is 509. The second-order valence-electron chi connectivity index (χ2n) is 4.94. The minimum absolute atomic E-state index is 0.219. The highest BCUT2D eigenvalue weighted by Crippen LogP contribution is 2.33. The van der Waals surface area contributed by atoms with Gasteiger partial charge in [0.1, 0.15) is 5.75 Å². The standard InChI is InChI=1S/C14H16F3NO3/c15-14(16,17)12-4-3-10(19)8-11(12)13(20)18-9-2-1-6-21-7-5-9/h3-4,8-9,19H,1-2,5-7H2,(H,18,20). The van der Waals surface area contributed by atoms with Crippen LogP contribution in [0.2, 0.25) is 0 Å². The average molecular weight is 303 g/mol. The van der Waals surface area contributed by atoms with Crippen LogP contribution in [-0.2, 0) is 10.9 Å². The molecule has 1 fully saturated rings. The van der Waals surface area contributed by atoms with E-state index in [0.717, 1.165) is 18.6 Å². The first-order valence-electron chi connectivity index (χ1n) is 6.67. The highest BCUT2D eigenvalue weighted by atomic mass is 19.4. The third-order valence-electron chi connectivity index (χ3n) is 3.34.